The molecule has 0 saturated heterocycles. The molecule has 0 bridgehead atoms. The summed E-state index contributed by atoms with van der Waals surface area (Å²) in [5.74, 6) is -2.57. The quantitative estimate of drug-likeness (QED) is 0.0799. The van der Waals surface area contributed by atoms with Crippen LogP contribution in [0.1, 0.15) is 31.5 Å². The first-order valence-corrected chi connectivity index (χ1v) is 16.3. The van der Waals surface area contributed by atoms with E-state index in [0.717, 1.165) is 21.0 Å². The van der Waals surface area contributed by atoms with Crippen LogP contribution in [0.25, 0.3) is 10.6 Å². The summed E-state index contributed by atoms with van der Waals surface area (Å²) >= 11 is 28.6. The SMILES string of the molecule is O=C(O)c1c(Cl)c(Cl)c(Cl)c(Cl)c1C(=O)Nc1ccc(SC(C(=O)Nc2nc(-c3cccs3)cs2)c2ccccc2)cc1. The van der Waals surface area contributed by atoms with Gasteiger partial charge >= 0.3 is 5.97 Å². The molecule has 2 heterocycles. The lowest BCUT2D eigenvalue weighted by atomic mass is 10.1. The minimum atomic E-state index is -1.49. The van der Waals surface area contributed by atoms with Gasteiger partial charge in [0.25, 0.3) is 5.91 Å². The van der Waals surface area contributed by atoms with E-state index in [1.54, 1.807) is 35.6 Å². The molecule has 0 aliphatic carbocycles. The molecule has 0 radical (unpaired) electrons. The zero-order valence-electron chi connectivity index (χ0n) is 21.4. The van der Waals surface area contributed by atoms with E-state index in [0.29, 0.717) is 10.8 Å². The number of aromatic carboxylic acids is 1. The average molecular weight is 709 g/mol. The van der Waals surface area contributed by atoms with Crippen molar-refractivity contribution in [3.8, 4) is 10.6 Å². The second-order valence-electron chi connectivity index (χ2n) is 8.70. The van der Waals surface area contributed by atoms with Crippen LogP contribution in [0.4, 0.5) is 10.8 Å². The molecule has 218 valence electrons. The number of thiophene rings is 1. The lowest BCUT2D eigenvalue weighted by molar-refractivity contribution is -0.115. The molecule has 5 rings (SSSR count). The molecule has 3 aromatic carbocycles. The van der Waals surface area contributed by atoms with E-state index >= 15 is 0 Å². The average Bonchev–Trinajstić information content (AvgIpc) is 3.70. The predicted octanol–water partition coefficient (Wildman–Crippen LogP) is 9.91. The molecule has 43 heavy (non-hydrogen) atoms. The Morgan fingerprint density at radius 1 is 0.791 bits per heavy atom. The molecule has 0 spiro atoms. The highest BCUT2D eigenvalue weighted by atomic mass is 35.5. The van der Waals surface area contributed by atoms with Crippen molar-refractivity contribution in [3.63, 3.8) is 0 Å². The number of carbonyl (C=O) groups is 3. The number of carboxylic acid groups (broad SMARTS) is 1. The number of halogens is 4. The van der Waals surface area contributed by atoms with Gasteiger partial charge in [-0.15, -0.1) is 34.4 Å². The normalized spacial score (nSPS) is 11.6. The van der Waals surface area contributed by atoms with E-state index in [1.807, 2.05) is 53.2 Å². The summed E-state index contributed by atoms with van der Waals surface area (Å²) in [7, 11) is 0. The Kier molecular flexibility index (Phi) is 9.98. The highest BCUT2D eigenvalue weighted by Gasteiger charge is 2.29. The van der Waals surface area contributed by atoms with Gasteiger partial charge in [0, 0.05) is 16.0 Å². The second-order valence-corrected chi connectivity index (χ2v) is 13.2. The van der Waals surface area contributed by atoms with Gasteiger partial charge in [-0.3, -0.25) is 9.59 Å². The van der Waals surface area contributed by atoms with Gasteiger partial charge in [-0.2, -0.15) is 0 Å². The molecule has 0 fully saturated rings. The second kappa shape index (κ2) is 13.7. The van der Waals surface area contributed by atoms with Crippen molar-refractivity contribution in [1.29, 1.82) is 0 Å². The summed E-state index contributed by atoms with van der Waals surface area (Å²) in [5.41, 5.74) is 0.956. The number of benzene rings is 3. The molecule has 2 aromatic heterocycles. The molecule has 7 nitrogen and oxygen atoms in total. The number of hydrogen-bond acceptors (Lipinski definition) is 7. The molecule has 3 N–H and O–H groups in total. The van der Waals surface area contributed by atoms with Crippen LogP contribution in [0, 0.1) is 0 Å². The summed E-state index contributed by atoms with van der Waals surface area (Å²) < 4.78 is 0. The number of thioether (sulfide) groups is 1. The van der Waals surface area contributed by atoms with E-state index in [1.165, 1.54) is 23.1 Å². The summed E-state index contributed by atoms with van der Waals surface area (Å²) in [4.78, 5) is 44.7. The summed E-state index contributed by atoms with van der Waals surface area (Å²) in [6.45, 7) is 0. The van der Waals surface area contributed by atoms with Crippen LogP contribution in [0.3, 0.4) is 0 Å². The molecule has 2 amide bonds. The van der Waals surface area contributed by atoms with Gasteiger partial charge in [-0.05, 0) is 41.3 Å². The fourth-order valence-corrected chi connectivity index (χ4v) is 7.45. The minimum absolute atomic E-state index is 0.235. The van der Waals surface area contributed by atoms with Crippen molar-refractivity contribution in [2.45, 2.75) is 10.1 Å². The molecule has 0 saturated carbocycles. The van der Waals surface area contributed by atoms with Gasteiger partial charge in [0.1, 0.15) is 5.25 Å². The smallest absolute Gasteiger partial charge is 0.338 e. The standard InChI is InChI=1S/C29H17Cl4N3O4S3/c30-21-19(20(28(39)40)22(31)24(33)23(21)32)26(37)34-15-8-10-16(11-9-15)43-25(14-5-2-1-3-6-14)27(38)36-29-35-17(13-42-29)18-7-4-12-41-18/h1-13,25H,(H,34,37)(H,39,40)(H,35,36,38). The molecule has 1 atom stereocenters. The molecule has 14 heteroatoms. The first-order valence-electron chi connectivity index (χ1n) is 12.2. The first-order chi connectivity index (χ1) is 20.6. The number of carbonyl (C=O) groups excluding carboxylic acids is 2. The molecular weight excluding hydrogens is 692 g/mol. The van der Waals surface area contributed by atoms with Gasteiger partial charge < -0.3 is 15.7 Å². The predicted molar refractivity (Wildman–Crippen MR) is 177 cm³/mol. The summed E-state index contributed by atoms with van der Waals surface area (Å²) in [6, 6.07) is 19.9. The Hall–Kier alpha value is -3.09. The highest BCUT2D eigenvalue weighted by molar-refractivity contribution is 8.00. The maximum absolute atomic E-state index is 13.5. The molecule has 0 aliphatic heterocycles. The van der Waals surface area contributed by atoms with Crippen molar-refractivity contribution < 1.29 is 19.5 Å². The number of aromatic nitrogens is 1. The number of carboxylic acids is 1. The van der Waals surface area contributed by atoms with Gasteiger partial charge in [-0.1, -0.05) is 82.8 Å². The van der Waals surface area contributed by atoms with E-state index in [4.69, 9.17) is 46.4 Å². The third kappa shape index (κ3) is 7.02. The number of hydrogen-bond donors (Lipinski definition) is 3. The van der Waals surface area contributed by atoms with Crippen LogP contribution < -0.4 is 10.6 Å². The zero-order chi connectivity index (χ0) is 30.7. The maximum atomic E-state index is 13.5. The Morgan fingerprint density at radius 3 is 2.09 bits per heavy atom. The lowest BCUT2D eigenvalue weighted by Crippen LogP contribution is -2.19. The van der Waals surface area contributed by atoms with Gasteiger partial charge in [0.05, 0.1) is 41.8 Å². The van der Waals surface area contributed by atoms with Crippen molar-refractivity contribution in [2.75, 3.05) is 10.6 Å². The first kappa shape index (κ1) is 31.3. The number of nitrogens with zero attached hydrogens (tertiary/aromatic N) is 1. The van der Waals surface area contributed by atoms with Crippen molar-refractivity contribution in [2.24, 2.45) is 0 Å². The third-order valence-corrected chi connectivity index (χ3v) is 10.6. The minimum Gasteiger partial charge on any atom is -0.478 e. The van der Waals surface area contributed by atoms with Gasteiger partial charge in [0.15, 0.2) is 5.13 Å². The molecule has 5 aromatic rings. The molecular formula is C29H17Cl4N3O4S3. The third-order valence-electron chi connectivity index (χ3n) is 5.92. The fraction of sp³-hybridized carbons (Fsp3) is 0.0345. The highest BCUT2D eigenvalue weighted by Crippen LogP contribution is 2.42. The Morgan fingerprint density at radius 2 is 1.47 bits per heavy atom. The molecule has 0 aliphatic rings. The van der Waals surface area contributed by atoms with E-state index < -0.39 is 33.3 Å². The zero-order valence-corrected chi connectivity index (χ0v) is 26.9. The number of rotatable bonds is 9. The van der Waals surface area contributed by atoms with Crippen molar-refractivity contribution in [1.82, 2.24) is 4.98 Å². The Bertz CT molecular complexity index is 1820. The van der Waals surface area contributed by atoms with Gasteiger partial charge in [-0.25, -0.2) is 9.78 Å². The monoisotopic (exact) mass is 707 g/mol. The van der Waals surface area contributed by atoms with Crippen LogP contribution >= 0.6 is 80.8 Å². The lowest BCUT2D eigenvalue weighted by Gasteiger charge is -2.17. The van der Waals surface area contributed by atoms with Crippen LogP contribution in [-0.4, -0.2) is 27.9 Å². The van der Waals surface area contributed by atoms with E-state index in [2.05, 4.69) is 15.6 Å². The summed E-state index contributed by atoms with van der Waals surface area (Å²) in [6.07, 6.45) is 0. The topological polar surface area (TPSA) is 108 Å². The number of anilines is 2. The maximum Gasteiger partial charge on any atom is 0.338 e. The van der Waals surface area contributed by atoms with E-state index in [-0.39, 0.29) is 21.0 Å². The van der Waals surface area contributed by atoms with Crippen LogP contribution in [0.5, 0.6) is 0 Å². The largest absolute Gasteiger partial charge is 0.478 e. The number of nitrogens with one attached hydrogen (secondary N) is 2. The van der Waals surface area contributed by atoms with Crippen LogP contribution in [0.2, 0.25) is 20.1 Å². The van der Waals surface area contributed by atoms with Crippen LogP contribution in [-0.2, 0) is 4.79 Å². The Labute approximate surface area is 277 Å². The Balaban J connectivity index is 1.34. The summed E-state index contributed by atoms with van der Waals surface area (Å²) in [5, 5.41) is 17.7. The van der Waals surface area contributed by atoms with E-state index in [9.17, 15) is 19.5 Å². The van der Waals surface area contributed by atoms with Crippen molar-refractivity contribution >= 4 is 109 Å². The number of amides is 2. The van der Waals surface area contributed by atoms with Crippen LogP contribution in [0.15, 0.2) is 82.4 Å². The molecule has 1 unspecified atom stereocenters. The van der Waals surface area contributed by atoms with Crippen molar-refractivity contribution in [3.05, 3.63) is 114 Å². The van der Waals surface area contributed by atoms with Gasteiger partial charge in [0.2, 0.25) is 5.91 Å². The number of thiazole rings is 1. The fourth-order valence-electron chi connectivity index (χ4n) is 3.93.